The normalized spacial score (nSPS) is 11.7. The average molecular weight is 286 g/mol. The van der Waals surface area contributed by atoms with E-state index in [1.165, 1.54) is 0 Å². The summed E-state index contributed by atoms with van der Waals surface area (Å²) in [6.45, 7) is 2.06. The SMILES string of the molecule is COc1cccc(CO[C@H](C)C(=O)Nc2cccnc2)c1. The molecule has 1 aromatic carbocycles. The van der Waals surface area contributed by atoms with E-state index in [0.717, 1.165) is 11.3 Å². The zero-order valence-electron chi connectivity index (χ0n) is 12.1. The first-order chi connectivity index (χ1) is 10.2. The Bertz CT molecular complexity index is 587. The van der Waals surface area contributed by atoms with Crippen LogP contribution in [-0.4, -0.2) is 24.1 Å². The average Bonchev–Trinajstić information content (AvgIpc) is 2.53. The molecule has 5 nitrogen and oxygen atoms in total. The summed E-state index contributed by atoms with van der Waals surface area (Å²) in [5.74, 6) is 0.564. The molecule has 1 N–H and O–H groups in total. The van der Waals surface area contributed by atoms with E-state index in [1.807, 2.05) is 24.3 Å². The minimum atomic E-state index is -0.559. The number of anilines is 1. The van der Waals surface area contributed by atoms with Gasteiger partial charge in [-0.1, -0.05) is 12.1 Å². The number of pyridine rings is 1. The molecule has 0 aliphatic carbocycles. The topological polar surface area (TPSA) is 60.5 Å². The molecule has 1 atom stereocenters. The molecule has 5 heteroatoms. The first-order valence-electron chi connectivity index (χ1n) is 6.64. The van der Waals surface area contributed by atoms with Crippen molar-refractivity contribution in [2.45, 2.75) is 19.6 Å². The molecule has 0 bridgehead atoms. The lowest BCUT2D eigenvalue weighted by molar-refractivity contribution is -0.127. The lowest BCUT2D eigenvalue weighted by atomic mass is 10.2. The van der Waals surface area contributed by atoms with Gasteiger partial charge in [0, 0.05) is 6.20 Å². The number of rotatable bonds is 6. The predicted molar refractivity (Wildman–Crippen MR) is 80.1 cm³/mol. The summed E-state index contributed by atoms with van der Waals surface area (Å²) in [6, 6.07) is 11.1. The number of nitrogens with one attached hydrogen (secondary N) is 1. The van der Waals surface area contributed by atoms with Crippen molar-refractivity contribution in [3.8, 4) is 5.75 Å². The van der Waals surface area contributed by atoms with Crippen LogP contribution in [0.3, 0.4) is 0 Å². The molecule has 0 fully saturated rings. The number of aromatic nitrogens is 1. The highest BCUT2D eigenvalue weighted by Crippen LogP contribution is 2.14. The van der Waals surface area contributed by atoms with Crippen LogP contribution in [0, 0.1) is 0 Å². The first kappa shape index (κ1) is 15.0. The smallest absolute Gasteiger partial charge is 0.253 e. The number of carbonyl (C=O) groups excluding carboxylic acids is 1. The van der Waals surface area contributed by atoms with Crippen molar-refractivity contribution in [2.75, 3.05) is 12.4 Å². The largest absolute Gasteiger partial charge is 0.497 e. The predicted octanol–water partition coefficient (Wildman–Crippen LogP) is 2.63. The summed E-state index contributed by atoms with van der Waals surface area (Å²) in [6.07, 6.45) is 2.68. The molecule has 0 spiro atoms. The molecule has 0 aliphatic rings. The number of carbonyl (C=O) groups is 1. The van der Waals surface area contributed by atoms with Gasteiger partial charge in [0.15, 0.2) is 0 Å². The fourth-order valence-electron chi connectivity index (χ4n) is 1.74. The molecule has 1 heterocycles. The van der Waals surface area contributed by atoms with Crippen molar-refractivity contribution in [3.63, 3.8) is 0 Å². The first-order valence-corrected chi connectivity index (χ1v) is 6.64. The van der Waals surface area contributed by atoms with Gasteiger partial charge in [-0.25, -0.2) is 0 Å². The van der Waals surface area contributed by atoms with E-state index in [9.17, 15) is 4.79 Å². The second kappa shape index (κ2) is 7.40. The Balaban J connectivity index is 1.86. The highest BCUT2D eigenvalue weighted by Gasteiger charge is 2.13. The number of nitrogens with zero attached hydrogens (tertiary/aromatic N) is 1. The third-order valence-electron chi connectivity index (χ3n) is 2.93. The zero-order chi connectivity index (χ0) is 15.1. The molecule has 0 aliphatic heterocycles. The monoisotopic (exact) mass is 286 g/mol. The van der Waals surface area contributed by atoms with Gasteiger partial charge >= 0.3 is 0 Å². The minimum Gasteiger partial charge on any atom is -0.497 e. The maximum absolute atomic E-state index is 12.0. The van der Waals surface area contributed by atoms with Crippen molar-refractivity contribution in [3.05, 3.63) is 54.4 Å². The Kier molecular flexibility index (Phi) is 5.29. The lowest BCUT2D eigenvalue weighted by Crippen LogP contribution is -2.27. The van der Waals surface area contributed by atoms with Crippen LogP contribution in [0.1, 0.15) is 12.5 Å². The summed E-state index contributed by atoms with van der Waals surface area (Å²) in [5.41, 5.74) is 1.61. The maximum atomic E-state index is 12.0. The standard InChI is InChI=1S/C16H18N2O3/c1-12(16(19)18-14-6-4-8-17-10-14)21-11-13-5-3-7-15(9-13)20-2/h3-10,12H,11H2,1-2H3,(H,18,19)/t12-/m1/s1. The zero-order valence-corrected chi connectivity index (χ0v) is 12.1. The van der Waals surface area contributed by atoms with Crippen LogP contribution in [0.25, 0.3) is 0 Å². The number of methoxy groups -OCH3 is 1. The van der Waals surface area contributed by atoms with Crippen LogP contribution in [0.4, 0.5) is 5.69 Å². The van der Waals surface area contributed by atoms with Gasteiger partial charge in [-0.05, 0) is 36.8 Å². The van der Waals surface area contributed by atoms with E-state index < -0.39 is 6.10 Å². The molecule has 2 rings (SSSR count). The van der Waals surface area contributed by atoms with Gasteiger partial charge in [-0.3, -0.25) is 9.78 Å². The van der Waals surface area contributed by atoms with Crippen LogP contribution in [-0.2, 0) is 16.1 Å². The van der Waals surface area contributed by atoms with Gasteiger partial charge in [-0.2, -0.15) is 0 Å². The van der Waals surface area contributed by atoms with Crippen LogP contribution in [0.2, 0.25) is 0 Å². The molecule has 0 radical (unpaired) electrons. The second-order valence-electron chi connectivity index (χ2n) is 4.54. The fraction of sp³-hybridized carbons (Fsp3) is 0.250. The van der Waals surface area contributed by atoms with Crippen molar-refractivity contribution in [1.82, 2.24) is 4.98 Å². The van der Waals surface area contributed by atoms with Crippen LogP contribution < -0.4 is 10.1 Å². The second-order valence-corrected chi connectivity index (χ2v) is 4.54. The Labute approximate surface area is 123 Å². The Morgan fingerprint density at radius 1 is 1.33 bits per heavy atom. The number of ether oxygens (including phenoxy) is 2. The van der Waals surface area contributed by atoms with E-state index in [-0.39, 0.29) is 5.91 Å². The number of benzene rings is 1. The maximum Gasteiger partial charge on any atom is 0.253 e. The van der Waals surface area contributed by atoms with E-state index in [0.29, 0.717) is 12.3 Å². The third kappa shape index (κ3) is 4.57. The molecule has 0 saturated heterocycles. The highest BCUT2D eigenvalue weighted by molar-refractivity contribution is 5.93. The molecule has 21 heavy (non-hydrogen) atoms. The Hall–Kier alpha value is -2.40. The number of amides is 1. The number of hydrogen-bond donors (Lipinski definition) is 1. The summed E-state index contributed by atoms with van der Waals surface area (Å²) >= 11 is 0. The summed E-state index contributed by atoms with van der Waals surface area (Å²) in [4.78, 5) is 15.9. The Morgan fingerprint density at radius 3 is 2.90 bits per heavy atom. The van der Waals surface area contributed by atoms with Gasteiger partial charge in [0.1, 0.15) is 11.9 Å². The third-order valence-corrected chi connectivity index (χ3v) is 2.93. The van der Waals surface area contributed by atoms with Crippen LogP contribution >= 0.6 is 0 Å². The van der Waals surface area contributed by atoms with Gasteiger partial charge < -0.3 is 14.8 Å². The highest BCUT2D eigenvalue weighted by atomic mass is 16.5. The molecule has 0 unspecified atom stereocenters. The number of hydrogen-bond acceptors (Lipinski definition) is 4. The van der Waals surface area contributed by atoms with Gasteiger partial charge in [0.25, 0.3) is 5.91 Å². The Morgan fingerprint density at radius 2 is 2.19 bits per heavy atom. The molecule has 0 saturated carbocycles. The summed E-state index contributed by atoms with van der Waals surface area (Å²) in [5, 5.41) is 2.75. The molecular formula is C16H18N2O3. The molecule has 110 valence electrons. The van der Waals surface area contributed by atoms with E-state index in [2.05, 4.69) is 10.3 Å². The summed E-state index contributed by atoms with van der Waals surface area (Å²) < 4.78 is 10.7. The van der Waals surface area contributed by atoms with E-state index in [1.54, 1.807) is 38.6 Å². The van der Waals surface area contributed by atoms with Crippen LogP contribution in [0.15, 0.2) is 48.8 Å². The van der Waals surface area contributed by atoms with E-state index in [4.69, 9.17) is 9.47 Å². The van der Waals surface area contributed by atoms with Crippen molar-refractivity contribution in [1.29, 1.82) is 0 Å². The van der Waals surface area contributed by atoms with Gasteiger partial charge in [0.2, 0.25) is 0 Å². The molecular weight excluding hydrogens is 268 g/mol. The fourth-order valence-corrected chi connectivity index (χ4v) is 1.74. The van der Waals surface area contributed by atoms with E-state index >= 15 is 0 Å². The quantitative estimate of drug-likeness (QED) is 0.886. The van der Waals surface area contributed by atoms with Crippen molar-refractivity contribution < 1.29 is 14.3 Å². The molecule has 1 amide bonds. The summed E-state index contributed by atoms with van der Waals surface area (Å²) in [7, 11) is 1.62. The lowest BCUT2D eigenvalue weighted by Gasteiger charge is -2.13. The van der Waals surface area contributed by atoms with Crippen molar-refractivity contribution in [2.24, 2.45) is 0 Å². The molecule has 2 aromatic rings. The minimum absolute atomic E-state index is 0.203. The van der Waals surface area contributed by atoms with Gasteiger partial charge in [0.05, 0.1) is 25.6 Å². The molecule has 1 aromatic heterocycles. The van der Waals surface area contributed by atoms with Crippen molar-refractivity contribution >= 4 is 11.6 Å². The van der Waals surface area contributed by atoms with Crippen LogP contribution in [0.5, 0.6) is 5.75 Å². The van der Waals surface area contributed by atoms with Gasteiger partial charge in [-0.15, -0.1) is 0 Å².